The molecule has 1 amide bonds. The minimum Gasteiger partial charge on any atom is -0.354 e. The van der Waals surface area contributed by atoms with Crippen molar-refractivity contribution in [3.05, 3.63) is 24.4 Å². The molecule has 2 aromatic rings. The number of rotatable bonds is 2. The molecule has 6 nitrogen and oxygen atoms in total. The van der Waals surface area contributed by atoms with Gasteiger partial charge >= 0.3 is 0 Å². The smallest absolute Gasteiger partial charge is 0.243 e. The average Bonchev–Trinajstić information content (AvgIpc) is 2.74. The largest absolute Gasteiger partial charge is 0.354 e. The molecule has 1 aliphatic heterocycles. The van der Waals surface area contributed by atoms with E-state index in [0.29, 0.717) is 18.9 Å². The Morgan fingerprint density at radius 1 is 1.47 bits per heavy atom. The summed E-state index contributed by atoms with van der Waals surface area (Å²) in [6.07, 6.45) is 3.24. The first-order valence-electron chi connectivity index (χ1n) is 5.66. The summed E-state index contributed by atoms with van der Waals surface area (Å²) in [4.78, 5) is 15.4. The summed E-state index contributed by atoms with van der Waals surface area (Å²) in [6, 6.07) is 5.95. The SMILES string of the molecule is O=C1CCC(Nc2nc3ccccn3n2)CN1. The van der Waals surface area contributed by atoms with Crippen LogP contribution in [-0.4, -0.2) is 33.1 Å². The van der Waals surface area contributed by atoms with Crippen LogP contribution in [0.25, 0.3) is 5.65 Å². The van der Waals surface area contributed by atoms with Gasteiger partial charge in [-0.1, -0.05) is 6.07 Å². The molecule has 88 valence electrons. The van der Waals surface area contributed by atoms with Gasteiger partial charge in [0.05, 0.1) is 0 Å². The number of carbonyl (C=O) groups excluding carboxylic acids is 1. The zero-order valence-electron chi connectivity index (χ0n) is 9.26. The lowest BCUT2D eigenvalue weighted by Gasteiger charge is -2.22. The van der Waals surface area contributed by atoms with Gasteiger partial charge in [0.2, 0.25) is 11.9 Å². The van der Waals surface area contributed by atoms with Crippen molar-refractivity contribution >= 4 is 17.5 Å². The Morgan fingerprint density at radius 2 is 2.41 bits per heavy atom. The number of nitrogens with zero attached hydrogens (tertiary/aromatic N) is 3. The van der Waals surface area contributed by atoms with E-state index in [9.17, 15) is 4.79 Å². The lowest BCUT2D eigenvalue weighted by Crippen LogP contribution is -2.42. The fourth-order valence-corrected chi connectivity index (χ4v) is 1.93. The number of anilines is 1. The molecule has 0 bridgehead atoms. The predicted molar refractivity (Wildman–Crippen MR) is 62.6 cm³/mol. The second kappa shape index (κ2) is 4.04. The fraction of sp³-hybridized carbons (Fsp3) is 0.364. The van der Waals surface area contributed by atoms with E-state index >= 15 is 0 Å². The normalized spacial score (nSPS) is 20.2. The Bertz CT molecular complexity index is 507. The molecule has 0 aliphatic carbocycles. The van der Waals surface area contributed by atoms with Crippen molar-refractivity contribution in [1.82, 2.24) is 19.9 Å². The number of pyridine rings is 1. The molecule has 17 heavy (non-hydrogen) atoms. The molecule has 1 aliphatic rings. The van der Waals surface area contributed by atoms with Gasteiger partial charge in [-0.15, -0.1) is 5.10 Å². The standard InChI is InChI=1S/C11H13N5O/c17-10-5-4-8(7-12-10)13-11-14-9-3-1-2-6-16(9)15-11/h1-3,6,8H,4-5,7H2,(H,12,17)(H,13,15). The Balaban J connectivity index is 1.74. The number of piperidine rings is 1. The molecule has 1 atom stereocenters. The number of carbonyl (C=O) groups is 1. The average molecular weight is 231 g/mol. The van der Waals surface area contributed by atoms with Crippen LogP contribution in [0.2, 0.25) is 0 Å². The number of aromatic nitrogens is 3. The zero-order valence-corrected chi connectivity index (χ0v) is 9.26. The van der Waals surface area contributed by atoms with Gasteiger partial charge in [0.15, 0.2) is 5.65 Å². The molecule has 0 radical (unpaired) electrons. The third-order valence-corrected chi connectivity index (χ3v) is 2.84. The summed E-state index contributed by atoms with van der Waals surface area (Å²) in [5.74, 6) is 0.725. The molecule has 6 heteroatoms. The molecule has 0 saturated carbocycles. The molecule has 3 heterocycles. The van der Waals surface area contributed by atoms with Crippen LogP contribution in [0.15, 0.2) is 24.4 Å². The third-order valence-electron chi connectivity index (χ3n) is 2.84. The number of amides is 1. The zero-order chi connectivity index (χ0) is 11.7. The van der Waals surface area contributed by atoms with E-state index in [1.54, 1.807) is 4.52 Å². The summed E-state index contributed by atoms with van der Waals surface area (Å²) >= 11 is 0. The molecule has 0 aromatic carbocycles. The van der Waals surface area contributed by atoms with Crippen LogP contribution in [-0.2, 0) is 4.79 Å². The van der Waals surface area contributed by atoms with Gasteiger partial charge in [0.25, 0.3) is 0 Å². The minimum absolute atomic E-state index is 0.117. The van der Waals surface area contributed by atoms with E-state index in [0.717, 1.165) is 12.1 Å². The first-order chi connectivity index (χ1) is 8.31. The molecular formula is C11H13N5O. The van der Waals surface area contributed by atoms with Crippen LogP contribution in [0, 0.1) is 0 Å². The van der Waals surface area contributed by atoms with Gasteiger partial charge in [0.1, 0.15) is 0 Å². The van der Waals surface area contributed by atoms with E-state index in [4.69, 9.17) is 0 Å². The summed E-state index contributed by atoms with van der Waals surface area (Å²) in [5, 5.41) is 10.4. The Morgan fingerprint density at radius 3 is 3.18 bits per heavy atom. The van der Waals surface area contributed by atoms with Gasteiger partial charge in [-0.2, -0.15) is 4.98 Å². The molecule has 1 unspecified atom stereocenters. The quantitative estimate of drug-likeness (QED) is 0.785. The Hall–Kier alpha value is -2.11. The van der Waals surface area contributed by atoms with Crippen molar-refractivity contribution in [2.45, 2.75) is 18.9 Å². The van der Waals surface area contributed by atoms with E-state index in [1.165, 1.54) is 0 Å². The first kappa shape index (κ1) is 10.1. The second-order valence-corrected chi connectivity index (χ2v) is 4.12. The van der Waals surface area contributed by atoms with Crippen molar-refractivity contribution in [3.8, 4) is 0 Å². The Kier molecular flexibility index (Phi) is 2.40. The van der Waals surface area contributed by atoms with Crippen LogP contribution in [0.1, 0.15) is 12.8 Å². The number of hydrogen-bond donors (Lipinski definition) is 2. The van der Waals surface area contributed by atoms with Crippen LogP contribution in [0.5, 0.6) is 0 Å². The van der Waals surface area contributed by atoms with E-state index < -0.39 is 0 Å². The monoisotopic (exact) mass is 231 g/mol. The molecule has 1 fully saturated rings. The highest BCUT2D eigenvalue weighted by atomic mass is 16.1. The molecule has 2 N–H and O–H groups in total. The van der Waals surface area contributed by atoms with Gasteiger partial charge in [0, 0.05) is 25.2 Å². The maximum absolute atomic E-state index is 11.0. The maximum Gasteiger partial charge on any atom is 0.243 e. The number of fused-ring (bicyclic) bond motifs is 1. The molecular weight excluding hydrogens is 218 g/mol. The lowest BCUT2D eigenvalue weighted by atomic mass is 10.1. The third kappa shape index (κ3) is 2.06. The van der Waals surface area contributed by atoms with E-state index in [2.05, 4.69) is 20.7 Å². The Labute approximate surface area is 98.0 Å². The van der Waals surface area contributed by atoms with Gasteiger partial charge in [-0.05, 0) is 18.6 Å². The lowest BCUT2D eigenvalue weighted by molar-refractivity contribution is -0.122. The first-order valence-corrected chi connectivity index (χ1v) is 5.66. The summed E-state index contributed by atoms with van der Waals surface area (Å²) < 4.78 is 1.73. The minimum atomic E-state index is 0.117. The number of nitrogens with one attached hydrogen (secondary N) is 2. The van der Waals surface area contributed by atoms with Crippen molar-refractivity contribution in [3.63, 3.8) is 0 Å². The topological polar surface area (TPSA) is 71.3 Å². The summed E-state index contributed by atoms with van der Waals surface area (Å²) in [6.45, 7) is 0.633. The highest BCUT2D eigenvalue weighted by Crippen LogP contribution is 2.10. The molecule has 1 saturated heterocycles. The van der Waals surface area contributed by atoms with Crippen molar-refractivity contribution < 1.29 is 4.79 Å². The highest BCUT2D eigenvalue weighted by Gasteiger charge is 2.18. The second-order valence-electron chi connectivity index (χ2n) is 4.12. The van der Waals surface area contributed by atoms with Crippen molar-refractivity contribution in [2.24, 2.45) is 0 Å². The van der Waals surface area contributed by atoms with E-state index in [1.807, 2.05) is 24.4 Å². The fourth-order valence-electron chi connectivity index (χ4n) is 1.93. The van der Waals surface area contributed by atoms with Gasteiger partial charge in [-0.3, -0.25) is 4.79 Å². The predicted octanol–water partition coefficient (Wildman–Crippen LogP) is 0.420. The van der Waals surface area contributed by atoms with Crippen LogP contribution in [0.4, 0.5) is 5.95 Å². The van der Waals surface area contributed by atoms with Crippen LogP contribution >= 0.6 is 0 Å². The van der Waals surface area contributed by atoms with Gasteiger partial charge < -0.3 is 10.6 Å². The van der Waals surface area contributed by atoms with Gasteiger partial charge in [-0.25, -0.2) is 4.52 Å². The van der Waals surface area contributed by atoms with Crippen LogP contribution < -0.4 is 10.6 Å². The molecule has 2 aromatic heterocycles. The summed E-state index contributed by atoms with van der Waals surface area (Å²) in [5.41, 5.74) is 0.815. The van der Waals surface area contributed by atoms with Crippen LogP contribution in [0.3, 0.4) is 0 Å². The highest BCUT2D eigenvalue weighted by molar-refractivity contribution is 5.76. The molecule has 3 rings (SSSR count). The summed E-state index contributed by atoms with van der Waals surface area (Å²) in [7, 11) is 0. The van der Waals surface area contributed by atoms with E-state index in [-0.39, 0.29) is 11.9 Å². The number of hydrogen-bond acceptors (Lipinski definition) is 4. The molecule has 0 spiro atoms. The van der Waals surface area contributed by atoms with Crippen molar-refractivity contribution in [2.75, 3.05) is 11.9 Å². The maximum atomic E-state index is 11.0. The van der Waals surface area contributed by atoms with Crippen molar-refractivity contribution in [1.29, 1.82) is 0 Å².